The molecule has 1 aliphatic carbocycles. The summed E-state index contributed by atoms with van der Waals surface area (Å²) in [7, 11) is 1.75. The Morgan fingerprint density at radius 3 is 2.83 bits per heavy atom. The first-order valence-corrected chi connectivity index (χ1v) is 9.44. The largest absolute Gasteiger partial charge is 0.462 e. The third-order valence-corrected chi connectivity index (χ3v) is 5.66. The molecular weight excluding hydrogens is 394 g/mol. The van der Waals surface area contributed by atoms with E-state index >= 15 is 0 Å². The summed E-state index contributed by atoms with van der Waals surface area (Å²) >= 11 is 4.80. The summed E-state index contributed by atoms with van der Waals surface area (Å²) in [5.74, 6) is -0.709. The Kier molecular flexibility index (Phi) is 5.05. The third kappa shape index (κ3) is 3.25. The molecular formula is C16H18BrN3O3S. The van der Waals surface area contributed by atoms with Gasteiger partial charge in [-0.05, 0) is 54.1 Å². The highest BCUT2D eigenvalue weighted by atomic mass is 79.9. The van der Waals surface area contributed by atoms with E-state index in [0.29, 0.717) is 27.3 Å². The smallest absolute Gasteiger partial charge is 0.341 e. The van der Waals surface area contributed by atoms with E-state index < -0.39 is 0 Å². The predicted molar refractivity (Wildman–Crippen MR) is 95.8 cm³/mol. The average Bonchev–Trinajstić information content (AvgIpc) is 3.06. The number of halogens is 1. The van der Waals surface area contributed by atoms with E-state index in [0.717, 1.165) is 31.2 Å². The number of rotatable bonds is 4. The van der Waals surface area contributed by atoms with Gasteiger partial charge in [-0.25, -0.2) is 4.79 Å². The molecule has 128 valence electrons. The Morgan fingerprint density at radius 2 is 2.17 bits per heavy atom. The molecule has 2 heterocycles. The topological polar surface area (TPSA) is 73.2 Å². The summed E-state index contributed by atoms with van der Waals surface area (Å²) < 4.78 is 7.37. The Bertz CT molecular complexity index is 797. The number of hydrogen-bond donors (Lipinski definition) is 1. The Hall–Kier alpha value is -1.67. The molecule has 0 fully saturated rings. The molecule has 0 radical (unpaired) electrons. The van der Waals surface area contributed by atoms with E-state index in [2.05, 4.69) is 26.3 Å². The van der Waals surface area contributed by atoms with E-state index in [4.69, 9.17) is 4.74 Å². The number of nitrogens with one attached hydrogen (secondary N) is 1. The predicted octanol–water partition coefficient (Wildman–Crippen LogP) is 3.55. The lowest BCUT2D eigenvalue weighted by molar-refractivity contribution is 0.0526. The standard InChI is InChI=1S/C16H18BrN3O3S/c1-3-23-16(22)12-9-6-4-5-7-11(9)24-15(12)18-14(21)13-10(17)8-20(2)19-13/h8H,3-7H2,1-2H3,(H,18,21). The number of esters is 1. The molecule has 1 aliphatic rings. The van der Waals surface area contributed by atoms with Crippen LogP contribution in [0.4, 0.5) is 5.00 Å². The second kappa shape index (κ2) is 7.06. The van der Waals surface area contributed by atoms with Crippen molar-refractivity contribution >= 4 is 44.1 Å². The summed E-state index contributed by atoms with van der Waals surface area (Å²) in [6.45, 7) is 2.09. The number of aromatic nitrogens is 2. The number of hydrogen-bond acceptors (Lipinski definition) is 5. The van der Waals surface area contributed by atoms with Crippen LogP contribution in [0.3, 0.4) is 0 Å². The molecule has 1 amide bonds. The summed E-state index contributed by atoms with van der Waals surface area (Å²) in [5, 5.41) is 7.55. The van der Waals surface area contributed by atoms with Crippen LogP contribution in [0, 0.1) is 0 Å². The van der Waals surface area contributed by atoms with Gasteiger partial charge in [0.15, 0.2) is 5.69 Å². The monoisotopic (exact) mass is 411 g/mol. The van der Waals surface area contributed by atoms with E-state index in [9.17, 15) is 9.59 Å². The molecule has 0 saturated carbocycles. The lowest BCUT2D eigenvalue weighted by Crippen LogP contribution is -2.16. The zero-order valence-electron chi connectivity index (χ0n) is 13.5. The quantitative estimate of drug-likeness (QED) is 0.780. The second-order valence-electron chi connectivity index (χ2n) is 5.59. The Morgan fingerprint density at radius 1 is 1.42 bits per heavy atom. The van der Waals surface area contributed by atoms with Crippen LogP contribution in [-0.4, -0.2) is 28.3 Å². The van der Waals surface area contributed by atoms with Gasteiger partial charge in [0, 0.05) is 18.1 Å². The maximum atomic E-state index is 12.5. The van der Waals surface area contributed by atoms with E-state index in [1.807, 2.05) is 0 Å². The highest BCUT2D eigenvalue weighted by molar-refractivity contribution is 9.10. The van der Waals surface area contributed by atoms with Gasteiger partial charge in [-0.15, -0.1) is 11.3 Å². The number of aryl methyl sites for hydroxylation is 2. The zero-order valence-corrected chi connectivity index (χ0v) is 15.9. The number of fused-ring (bicyclic) bond motifs is 1. The van der Waals surface area contributed by atoms with Gasteiger partial charge in [0.05, 0.1) is 16.6 Å². The molecule has 0 saturated heterocycles. The van der Waals surface area contributed by atoms with Crippen molar-refractivity contribution in [2.24, 2.45) is 7.05 Å². The number of nitrogens with zero attached hydrogens (tertiary/aromatic N) is 2. The third-order valence-electron chi connectivity index (χ3n) is 3.88. The lowest BCUT2D eigenvalue weighted by atomic mass is 9.95. The van der Waals surface area contributed by atoms with Crippen molar-refractivity contribution in [2.75, 3.05) is 11.9 Å². The molecule has 6 nitrogen and oxygen atoms in total. The normalized spacial score (nSPS) is 13.5. The number of carbonyl (C=O) groups excluding carboxylic acids is 2. The summed E-state index contributed by atoms with van der Waals surface area (Å²) in [6, 6.07) is 0. The maximum Gasteiger partial charge on any atom is 0.341 e. The van der Waals surface area contributed by atoms with Crippen LogP contribution in [0.15, 0.2) is 10.7 Å². The van der Waals surface area contributed by atoms with Crippen LogP contribution in [0.5, 0.6) is 0 Å². The highest BCUT2D eigenvalue weighted by Crippen LogP contribution is 2.38. The number of anilines is 1. The van der Waals surface area contributed by atoms with Crippen molar-refractivity contribution in [2.45, 2.75) is 32.6 Å². The molecule has 0 atom stereocenters. The van der Waals surface area contributed by atoms with Gasteiger partial charge >= 0.3 is 5.97 Å². The van der Waals surface area contributed by atoms with Crippen LogP contribution in [-0.2, 0) is 24.6 Å². The number of thiophene rings is 1. The van der Waals surface area contributed by atoms with Crippen LogP contribution < -0.4 is 5.32 Å². The van der Waals surface area contributed by atoms with Crippen LogP contribution in [0.1, 0.15) is 51.1 Å². The maximum absolute atomic E-state index is 12.5. The number of ether oxygens (including phenoxy) is 1. The average molecular weight is 412 g/mol. The van der Waals surface area contributed by atoms with Crippen LogP contribution in [0.25, 0.3) is 0 Å². The van der Waals surface area contributed by atoms with Crippen molar-refractivity contribution in [3.63, 3.8) is 0 Å². The lowest BCUT2D eigenvalue weighted by Gasteiger charge is -2.12. The molecule has 3 rings (SSSR count). The molecule has 0 spiro atoms. The zero-order chi connectivity index (χ0) is 17.3. The Balaban J connectivity index is 1.95. The number of carbonyl (C=O) groups is 2. The fourth-order valence-electron chi connectivity index (χ4n) is 2.85. The van der Waals surface area contributed by atoms with Gasteiger partial charge in [-0.2, -0.15) is 5.10 Å². The van der Waals surface area contributed by atoms with Crippen molar-refractivity contribution in [1.29, 1.82) is 0 Å². The number of amides is 1. The summed E-state index contributed by atoms with van der Waals surface area (Å²) in [5.41, 5.74) is 1.83. The van der Waals surface area contributed by atoms with Gasteiger partial charge in [-0.3, -0.25) is 9.48 Å². The minimum Gasteiger partial charge on any atom is -0.462 e. The minimum atomic E-state index is -0.368. The fraction of sp³-hybridized carbons (Fsp3) is 0.438. The van der Waals surface area contributed by atoms with Gasteiger partial charge < -0.3 is 10.1 Å². The van der Waals surface area contributed by atoms with Crippen molar-refractivity contribution < 1.29 is 14.3 Å². The van der Waals surface area contributed by atoms with Crippen molar-refractivity contribution in [3.05, 3.63) is 32.4 Å². The second-order valence-corrected chi connectivity index (χ2v) is 7.55. The first-order valence-electron chi connectivity index (χ1n) is 7.83. The molecule has 1 N–H and O–H groups in total. The first kappa shape index (κ1) is 17.2. The van der Waals surface area contributed by atoms with E-state index in [1.165, 1.54) is 16.2 Å². The van der Waals surface area contributed by atoms with Gasteiger partial charge in [0.1, 0.15) is 5.00 Å². The molecule has 24 heavy (non-hydrogen) atoms. The van der Waals surface area contributed by atoms with Crippen LogP contribution >= 0.6 is 27.3 Å². The molecule has 0 aliphatic heterocycles. The highest BCUT2D eigenvalue weighted by Gasteiger charge is 2.28. The first-order chi connectivity index (χ1) is 11.5. The molecule has 0 unspecified atom stereocenters. The summed E-state index contributed by atoms with van der Waals surface area (Å²) in [6.07, 6.45) is 5.66. The van der Waals surface area contributed by atoms with Gasteiger partial charge in [0.25, 0.3) is 5.91 Å². The van der Waals surface area contributed by atoms with E-state index in [1.54, 1.807) is 24.9 Å². The van der Waals surface area contributed by atoms with E-state index in [-0.39, 0.29) is 11.9 Å². The molecule has 0 bridgehead atoms. The van der Waals surface area contributed by atoms with Crippen LogP contribution in [0.2, 0.25) is 0 Å². The summed E-state index contributed by atoms with van der Waals surface area (Å²) in [4.78, 5) is 26.1. The molecule has 2 aromatic rings. The van der Waals surface area contributed by atoms with Gasteiger partial charge in [-0.1, -0.05) is 0 Å². The minimum absolute atomic E-state index is 0.290. The van der Waals surface area contributed by atoms with Crippen molar-refractivity contribution in [1.82, 2.24) is 9.78 Å². The molecule has 0 aromatic carbocycles. The van der Waals surface area contributed by atoms with Gasteiger partial charge in [0.2, 0.25) is 0 Å². The van der Waals surface area contributed by atoms with Crippen molar-refractivity contribution in [3.8, 4) is 0 Å². The fourth-order valence-corrected chi connectivity index (χ4v) is 4.68. The molecule has 2 aromatic heterocycles. The molecule has 8 heteroatoms. The Labute approximate surface area is 152 Å². The SMILES string of the molecule is CCOC(=O)c1c(NC(=O)c2nn(C)cc2Br)sc2c1CCCC2.